The molecule has 1 amide bonds. The zero-order chi connectivity index (χ0) is 14.8. The fraction of sp³-hybridized carbons (Fsp3) is 0.429. The van der Waals surface area contributed by atoms with Gasteiger partial charge in [-0.25, -0.2) is 0 Å². The zero-order valence-corrected chi connectivity index (χ0v) is 12.1. The van der Waals surface area contributed by atoms with Gasteiger partial charge in [0.15, 0.2) is 0 Å². The second-order valence-corrected chi connectivity index (χ2v) is 4.74. The standard InChI is InChI=1S/C14H17NO4S/c1-2-19-13(17)6-3-7-15-14(18)11-9-12(20-10-11)5-4-8-16/h9-10,16H,2-3,6-8H2,1H3,(H,15,18). The Balaban J connectivity index is 2.32. The maximum Gasteiger partial charge on any atom is 0.305 e. The van der Waals surface area contributed by atoms with E-state index in [4.69, 9.17) is 9.84 Å². The molecule has 0 saturated heterocycles. The third-order valence-electron chi connectivity index (χ3n) is 2.30. The number of carbonyl (C=O) groups excluding carboxylic acids is 2. The second-order valence-electron chi connectivity index (χ2n) is 3.82. The minimum absolute atomic E-state index is 0.192. The summed E-state index contributed by atoms with van der Waals surface area (Å²) in [5.74, 6) is 4.83. The summed E-state index contributed by atoms with van der Waals surface area (Å²) in [5, 5.41) is 13.0. The largest absolute Gasteiger partial charge is 0.466 e. The molecule has 1 rings (SSSR count). The molecule has 5 nitrogen and oxygen atoms in total. The summed E-state index contributed by atoms with van der Waals surface area (Å²) in [4.78, 5) is 23.6. The first kappa shape index (κ1) is 16.2. The summed E-state index contributed by atoms with van der Waals surface area (Å²) >= 11 is 1.35. The van der Waals surface area contributed by atoms with Crippen LogP contribution in [0.25, 0.3) is 0 Å². The Labute approximate surface area is 122 Å². The summed E-state index contributed by atoms with van der Waals surface area (Å²) < 4.78 is 4.79. The van der Waals surface area contributed by atoms with E-state index in [9.17, 15) is 9.59 Å². The number of rotatable bonds is 6. The summed E-state index contributed by atoms with van der Waals surface area (Å²) in [5.41, 5.74) is 0.536. The van der Waals surface area contributed by atoms with Crippen LogP contribution in [0.5, 0.6) is 0 Å². The normalized spacial score (nSPS) is 9.50. The van der Waals surface area contributed by atoms with Gasteiger partial charge in [-0.1, -0.05) is 11.8 Å². The van der Waals surface area contributed by atoms with Gasteiger partial charge in [-0.3, -0.25) is 9.59 Å². The van der Waals surface area contributed by atoms with Crippen molar-refractivity contribution in [1.82, 2.24) is 5.32 Å². The number of hydrogen-bond donors (Lipinski definition) is 2. The molecule has 2 N–H and O–H groups in total. The highest BCUT2D eigenvalue weighted by Crippen LogP contribution is 2.13. The monoisotopic (exact) mass is 295 g/mol. The van der Waals surface area contributed by atoms with Crippen LogP contribution in [0.3, 0.4) is 0 Å². The third-order valence-corrected chi connectivity index (χ3v) is 3.15. The number of hydrogen-bond acceptors (Lipinski definition) is 5. The van der Waals surface area contributed by atoms with E-state index in [1.165, 1.54) is 11.3 Å². The van der Waals surface area contributed by atoms with E-state index >= 15 is 0 Å². The van der Waals surface area contributed by atoms with E-state index in [1.54, 1.807) is 18.4 Å². The molecular weight excluding hydrogens is 278 g/mol. The maximum atomic E-state index is 11.8. The summed E-state index contributed by atoms with van der Waals surface area (Å²) in [6.45, 7) is 2.35. The molecule has 0 saturated carbocycles. The highest BCUT2D eigenvalue weighted by Gasteiger charge is 2.08. The topological polar surface area (TPSA) is 75.6 Å². The molecule has 0 aliphatic rings. The molecule has 0 aromatic carbocycles. The number of aliphatic hydroxyl groups excluding tert-OH is 1. The van der Waals surface area contributed by atoms with Gasteiger partial charge in [-0.2, -0.15) is 0 Å². The van der Waals surface area contributed by atoms with Gasteiger partial charge in [0.05, 0.1) is 17.0 Å². The number of carbonyl (C=O) groups is 2. The Kier molecular flexibility index (Phi) is 7.40. The van der Waals surface area contributed by atoms with Crippen LogP contribution < -0.4 is 5.32 Å². The zero-order valence-electron chi connectivity index (χ0n) is 11.3. The van der Waals surface area contributed by atoms with Gasteiger partial charge < -0.3 is 15.2 Å². The van der Waals surface area contributed by atoms with Gasteiger partial charge in [0.2, 0.25) is 0 Å². The Hall–Kier alpha value is -1.84. The van der Waals surface area contributed by atoms with E-state index in [0.717, 1.165) is 4.88 Å². The highest BCUT2D eigenvalue weighted by atomic mass is 32.1. The van der Waals surface area contributed by atoms with Crippen LogP contribution in [0.1, 0.15) is 35.0 Å². The van der Waals surface area contributed by atoms with Crippen molar-refractivity contribution in [3.63, 3.8) is 0 Å². The lowest BCUT2D eigenvalue weighted by atomic mass is 10.2. The van der Waals surface area contributed by atoms with Gasteiger partial charge in [-0.05, 0) is 19.4 Å². The van der Waals surface area contributed by atoms with Gasteiger partial charge in [-0.15, -0.1) is 11.3 Å². The molecule has 1 aromatic rings. The molecule has 6 heteroatoms. The third kappa shape index (κ3) is 5.87. The molecule has 0 atom stereocenters. The van der Waals surface area contributed by atoms with Crippen LogP contribution in [-0.2, 0) is 9.53 Å². The SMILES string of the molecule is CCOC(=O)CCCNC(=O)c1csc(C#CCO)c1. The van der Waals surface area contributed by atoms with Crippen LogP contribution in [0.15, 0.2) is 11.4 Å². The lowest BCUT2D eigenvalue weighted by molar-refractivity contribution is -0.143. The lowest BCUT2D eigenvalue weighted by Crippen LogP contribution is -2.24. The number of aliphatic hydroxyl groups is 1. The average molecular weight is 295 g/mol. The van der Waals surface area contributed by atoms with Gasteiger partial charge in [0.25, 0.3) is 5.91 Å². The molecular formula is C14H17NO4S. The van der Waals surface area contributed by atoms with E-state index < -0.39 is 0 Å². The quantitative estimate of drug-likeness (QED) is 0.469. The molecule has 0 unspecified atom stereocenters. The smallest absolute Gasteiger partial charge is 0.305 e. The van der Waals surface area contributed by atoms with Crippen LogP contribution in [0.4, 0.5) is 0 Å². The molecule has 1 heterocycles. The molecule has 108 valence electrons. The van der Waals surface area contributed by atoms with Crippen molar-refractivity contribution in [3.05, 3.63) is 21.9 Å². The Morgan fingerprint density at radius 3 is 3.00 bits per heavy atom. The minimum Gasteiger partial charge on any atom is -0.466 e. The second kappa shape index (κ2) is 9.13. The number of nitrogens with one attached hydrogen (secondary N) is 1. The molecule has 0 spiro atoms. The summed E-state index contributed by atoms with van der Waals surface area (Å²) in [7, 11) is 0. The average Bonchev–Trinajstić information content (AvgIpc) is 2.90. The Bertz CT molecular complexity index is 513. The van der Waals surface area contributed by atoms with Crippen molar-refractivity contribution in [2.24, 2.45) is 0 Å². The van der Waals surface area contributed by atoms with Gasteiger partial charge in [0.1, 0.15) is 6.61 Å². The molecule has 0 radical (unpaired) electrons. The van der Waals surface area contributed by atoms with Crippen molar-refractivity contribution < 1.29 is 19.4 Å². The van der Waals surface area contributed by atoms with Crippen molar-refractivity contribution in [3.8, 4) is 11.8 Å². The van der Waals surface area contributed by atoms with E-state index in [2.05, 4.69) is 17.2 Å². The molecule has 0 bridgehead atoms. The van der Waals surface area contributed by atoms with Crippen molar-refractivity contribution in [1.29, 1.82) is 0 Å². The van der Waals surface area contributed by atoms with Gasteiger partial charge in [0, 0.05) is 18.3 Å². The number of amides is 1. The fourth-order valence-electron chi connectivity index (χ4n) is 1.42. The van der Waals surface area contributed by atoms with Crippen LogP contribution in [-0.4, -0.2) is 36.7 Å². The minimum atomic E-state index is -0.251. The lowest BCUT2D eigenvalue weighted by Gasteiger charge is -2.03. The van der Waals surface area contributed by atoms with Gasteiger partial charge >= 0.3 is 5.97 Å². The van der Waals surface area contributed by atoms with Crippen LogP contribution in [0.2, 0.25) is 0 Å². The first-order valence-corrected chi connectivity index (χ1v) is 7.17. The first-order valence-electron chi connectivity index (χ1n) is 6.29. The van der Waals surface area contributed by atoms with E-state index in [-0.39, 0.29) is 18.5 Å². The molecule has 20 heavy (non-hydrogen) atoms. The highest BCUT2D eigenvalue weighted by molar-refractivity contribution is 7.10. The number of esters is 1. The summed E-state index contributed by atoms with van der Waals surface area (Å²) in [6, 6.07) is 1.67. The van der Waals surface area contributed by atoms with Crippen LogP contribution in [0, 0.1) is 11.8 Å². The van der Waals surface area contributed by atoms with Crippen LogP contribution >= 0.6 is 11.3 Å². The predicted octanol–water partition coefficient (Wildman–Crippen LogP) is 1.16. The van der Waals surface area contributed by atoms with E-state index in [1.807, 2.05) is 0 Å². The van der Waals surface area contributed by atoms with Crippen molar-refractivity contribution in [2.75, 3.05) is 19.8 Å². The number of ether oxygens (including phenoxy) is 1. The van der Waals surface area contributed by atoms with E-state index in [0.29, 0.717) is 31.6 Å². The van der Waals surface area contributed by atoms with Crippen molar-refractivity contribution >= 4 is 23.2 Å². The molecule has 1 aromatic heterocycles. The Morgan fingerprint density at radius 2 is 2.30 bits per heavy atom. The number of thiophene rings is 1. The van der Waals surface area contributed by atoms with Crippen molar-refractivity contribution in [2.45, 2.75) is 19.8 Å². The Morgan fingerprint density at radius 1 is 1.50 bits per heavy atom. The predicted molar refractivity (Wildman–Crippen MR) is 76.5 cm³/mol. The fourth-order valence-corrected chi connectivity index (χ4v) is 2.17. The molecule has 0 aliphatic carbocycles. The maximum absolute atomic E-state index is 11.8. The first-order chi connectivity index (χ1) is 9.67. The molecule has 0 aliphatic heterocycles. The summed E-state index contributed by atoms with van der Waals surface area (Å²) in [6.07, 6.45) is 0.844. The molecule has 0 fully saturated rings.